The number of sulfone groups is 1. The second-order valence-electron chi connectivity index (χ2n) is 7.95. The van der Waals surface area contributed by atoms with E-state index in [1.807, 2.05) is 41.3 Å². The van der Waals surface area contributed by atoms with E-state index in [2.05, 4.69) is 23.7 Å². The summed E-state index contributed by atoms with van der Waals surface area (Å²) in [7, 11) is -3.10. The predicted octanol–water partition coefficient (Wildman–Crippen LogP) is 4.03. The maximum absolute atomic E-state index is 12.7. The molecule has 2 atom stereocenters. The third-order valence-corrected chi connectivity index (χ3v) is 9.27. The first-order valence-corrected chi connectivity index (χ1v) is 13.7. The van der Waals surface area contributed by atoms with E-state index in [1.165, 1.54) is 11.8 Å². The van der Waals surface area contributed by atoms with Gasteiger partial charge in [-0.05, 0) is 55.8 Å². The van der Waals surface area contributed by atoms with Gasteiger partial charge in [-0.2, -0.15) is 4.99 Å². The Bertz CT molecular complexity index is 1110. The third kappa shape index (κ3) is 4.97. The van der Waals surface area contributed by atoms with Crippen LogP contribution in [-0.4, -0.2) is 55.4 Å². The van der Waals surface area contributed by atoms with Gasteiger partial charge in [-0.25, -0.2) is 8.42 Å². The van der Waals surface area contributed by atoms with Crippen molar-refractivity contribution in [3.05, 3.63) is 59.1 Å². The lowest BCUT2D eigenvalue weighted by atomic mass is 10.1. The topological polar surface area (TPSA) is 70.0 Å². The maximum atomic E-state index is 12.7. The van der Waals surface area contributed by atoms with Crippen LogP contribution in [0.2, 0.25) is 5.02 Å². The van der Waals surface area contributed by atoms with E-state index >= 15 is 0 Å². The van der Waals surface area contributed by atoms with Gasteiger partial charge in [0, 0.05) is 34.7 Å². The van der Waals surface area contributed by atoms with Crippen molar-refractivity contribution in [3.63, 3.8) is 0 Å². The Morgan fingerprint density at radius 1 is 1.09 bits per heavy atom. The van der Waals surface area contributed by atoms with Gasteiger partial charge in [0.25, 0.3) is 5.91 Å². The van der Waals surface area contributed by atoms with E-state index in [4.69, 9.17) is 11.6 Å². The van der Waals surface area contributed by atoms with Crippen LogP contribution in [0.1, 0.15) is 19.4 Å². The first-order valence-electron chi connectivity index (χ1n) is 10.7. The SMILES string of the molecule is CCN(CC)c1ccc(N2C(=NC(=O)Cc3ccc(Cl)cc3)S[C@H]3CS(=O)(=O)C[C@@H]32)cc1. The third-order valence-electron chi connectivity index (χ3n) is 5.81. The lowest BCUT2D eigenvalue weighted by molar-refractivity contribution is -0.117. The highest BCUT2D eigenvalue weighted by Crippen LogP contribution is 2.41. The quantitative estimate of drug-likeness (QED) is 0.607. The lowest BCUT2D eigenvalue weighted by Gasteiger charge is -2.26. The van der Waals surface area contributed by atoms with Crippen LogP contribution in [-0.2, 0) is 21.1 Å². The van der Waals surface area contributed by atoms with Crippen LogP contribution < -0.4 is 9.80 Å². The van der Waals surface area contributed by atoms with E-state index in [-0.39, 0.29) is 35.1 Å². The number of thioether (sulfide) groups is 1. The second-order valence-corrected chi connectivity index (χ2v) is 11.7. The Morgan fingerprint density at radius 2 is 1.75 bits per heavy atom. The number of hydrogen-bond acceptors (Lipinski definition) is 5. The minimum atomic E-state index is -3.10. The number of benzene rings is 2. The molecule has 170 valence electrons. The van der Waals surface area contributed by atoms with Gasteiger partial charge in [0.05, 0.1) is 24.0 Å². The zero-order valence-electron chi connectivity index (χ0n) is 18.1. The van der Waals surface area contributed by atoms with E-state index < -0.39 is 9.84 Å². The van der Waals surface area contributed by atoms with Crippen LogP contribution in [0.25, 0.3) is 0 Å². The molecule has 2 aromatic rings. The van der Waals surface area contributed by atoms with Crippen molar-refractivity contribution < 1.29 is 13.2 Å². The molecule has 0 aliphatic carbocycles. The number of aliphatic imine (C=N–C) groups is 1. The highest BCUT2D eigenvalue weighted by molar-refractivity contribution is 8.16. The Balaban J connectivity index is 1.62. The van der Waals surface area contributed by atoms with Crippen molar-refractivity contribution in [3.8, 4) is 0 Å². The number of anilines is 2. The van der Waals surface area contributed by atoms with Gasteiger partial charge in [0.2, 0.25) is 0 Å². The number of carbonyl (C=O) groups excluding carboxylic acids is 1. The van der Waals surface area contributed by atoms with Gasteiger partial charge in [0.1, 0.15) is 0 Å². The number of fused-ring (bicyclic) bond motifs is 1. The molecule has 2 aliphatic heterocycles. The maximum Gasteiger partial charge on any atom is 0.252 e. The first kappa shape index (κ1) is 23.1. The van der Waals surface area contributed by atoms with Gasteiger partial charge in [-0.1, -0.05) is 35.5 Å². The monoisotopic (exact) mass is 491 g/mol. The molecular formula is C23H26ClN3O3S2. The molecule has 0 unspecified atom stereocenters. The molecule has 32 heavy (non-hydrogen) atoms. The lowest BCUT2D eigenvalue weighted by Crippen LogP contribution is -2.37. The Hall–Kier alpha value is -2.03. The van der Waals surface area contributed by atoms with Gasteiger partial charge in [0.15, 0.2) is 15.0 Å². The van der Waals surface area contributed by atoms with E-state index in [9.17, 15) is 13.2 Å². The minimum Gasteiger partial charge on any atom is -0.372 e. The fourth-order valence-electron chi connectivity index (χ4n) is 4.20. The molecule has 2 saturated heterocycles. The molecule has 0 aromatic heterocycles. The summed E-state index contributed by atoms with van der Waals surface area (Å²) in [5.74, 6) is -0.0735. The molecule has 6 nitrogen and oxygen atoms in total. The van der Waals surface area contributed by atoms with Crippen molar-refractivity contribution in [1.29, 1.82) is 0 Å². The summed E-state index contributed by atoms with van der Waals surface area (Å²) < 4.78 is 24.6. The number of amides is 1. The fourth-order valence-corrected chi connectivity index (χ4v) is 8.26. The molecule has 0 bridgehead atoms. The van der Waals surface area contributed by atoms with Gasteiger partial charge < -0.3 is 9.80 Å². The molecule has 2 aromatic carbocycles. The largest absolute Gasteiger partial charge is 0.372 e. The average Bonchev–Trinajstić information content (AvgIpc) is 3.22. The van der Waals surface area contributed by atoms with Gasteiger partial charge in [-0.15, -0.1) is 0 Å². The molecule has 0 saturated carbocycles. The number of rotatable bonds is 6. The molecule has 0 N–H and O–H groups in total. The molecule has 4 rings (SSSR count). The van der Waals surface area contributed by atoms with Gasteiger partial charge >= 0.3 is 0 Å². The summed E-state index contributed by atoms with van der Waals surface area (Å²) >= 11 is 7.32. The second kappa shape index (κ2) is 9.45. The van der Waals surface area contributed by atoms with E-state index in [0.29, 0.717) is 10.2 Å². The first-order chi connectivity index (χ1) is 15.3. The van der Waals surface area contributed by atoms with Crippen LogP contribution in [0.15, 0.2) is 53.5 Å². The summed E-state index contributed by atoms with van der Waals surface area (Å²) in [6.45, 7) is 6.04. The highest BCUT2D eigenvalue weighted by Gasteiger charge is 2.49. The molecule has 9 heteroatoms. The summed E-state index contributed by atoms with van der Waals surface area (Å²) in [6, 6.07) is 15.0. The molecule has 1 amide bonds. The van der Waals surface area contributed by atoms with Gasteiger partial charge in [-0.3, -0.25) is 4.79 Å². The number of hydrogen-bond donors (Lipinski definition) is 0. The van der Waals surface area contributed by atoms with Crippen LogP contribution in [0.5, 0.6) is 0 Å². The predicted molar refractivity (Wildman–Crippen MR) is 134 cm³/mol. The van der Waals surface area contributed by atoms with Crippen molar-refractivity contribution in [2.24, 2.45) is 4.99 Å². The van der Waals surface area contributed by atoms with E-state index in [1.54, 1.807) is 12.1 Å². The number of carbonyl (C=O) groups is 1. The van der Waals surface area contributed by atoms with Crippen LogP contribution in [0.4, 0.5) is 11.4 Å². The standard InChI is InChI=1S/C23H26ClN3O3S2/c1-3-26(4-2)18-9-11-19(12-10-18)27-20-14-32(29,30)15-21(20)31-23(27)25-22(28)13-16-5-7-17(24)8-6-16/h5-12,20-21H,3-4,13-15H2,1-2H3/t20-,21-/m0/s1. The van der Waals surface area contributed by atoms with E-state index in [0.717, 1.165) is 30.0 Å². The van der Waals surface area contributed by atoms with Crippen LogP contribution in [0.3, 0.4) is 0 Å². The van der Waals surface area contributed by atoms with Crippen LogP contribution >= 0.6 is 23.4 Å². The zero-order valence-corrected chi connectivity index (χ0v) is 20.5. The average molecular weight is 492 g/mol. The Morgan fingerprint density at radius 3 is 2.38 bits per heavy atom. The summed E-state index contributed by atoms with van der Waals surface area (Å²) in [5.41, 5.74) is 2.80. The van der Waals surface area contributed by atoms with Crippen molar-refractivity contribution in [2.75, 3.05) is 34.4 Å². The highest BCUT2D eigenvalue weighted by atomic mass is 35.5. The summed E-state index contributed by atoms with van der Waals surface area (Å²) in [4.78, 5) is 21.3. The molecule has 0 spiro atoms. The number of nitrogens with zero attached hydrogens (tertiary/aromatic N) is 3. The summed E-state index contributed by atoms with van der Waals surface area (Å²) in [5, 5.41) is 1.07. The molecule has 2 heterocycles. The van der Waals surface area contributed by atoms with Crippen molar-refractivity contribution in [1.82, 2.24) is 0 Å². The summed E-state index contributed by atoms with van der Waals surface area (Å²) in [6.07, 6.45) is 0.170. The Kier molecular flexibility index (Phi) is 6.83. The smallest absolute Gasteiger partial charge is 0.252 e. The zero-order chi connectivity index (χ0) is 22.9. The van der Waals surface area contributed by atoms with Crippen molar-refractivity contribution >= 4 is 55.6 Å². The molecule has 2 fully saturated rings. The number of amidine groups is 1. The Labute approximate surface area is 198 Å². The molecule has 0 radical (unpaired) electrons. The fraction of sp³-hybridized carbons (Fsp3) is 0.391. The van der Waals surface area contributed by atoms with Crippen molar-refractivity contribution in [2.45, 2.75) is 31.6 Å². The molecule has 2 aliphatic rings. The van der Waals surface area contributed by atoms with Crippen LogP contribution in [0, 0.1) is 0 Å². The number of halogens is 1. The minimum absolute atomic E-state index is 0.0762. The normalized spacial score (nSPS) is 22.8. The molecular weight excluding hydrogens is 466 g/mol.